The van der Waals surface area contributed by atoms with E-state index in [2.05, 4.69) is 15.3 Å². The number of para-hydroxylation sites is 2. The van der Waals surface area contributed by atoms with Crippen molar-refractivity contribution in [1.82, 2.24) is 5.43 Å². The van der Waals surface area contributed by atoms with Gasteiger partial charge in [0.25, 0.3) is 5.91 Å². The first-order valence-corrected chi connectivity index (χ1v) is 8.50. The lowest BCUT2D eigenvalue weighted by molar-refractivity contribution is -0.130. The number of hydrogen-bond acceptors (Lipinski definition) is 6. The Morgan fingerprint density at radius 3 is 2.82 bits per heavy atom. The number of hydrogen-bond donors (Lipinski definition) is 1. The number of hydrazone groups is 1. The van der Waals surface area contributed by atoms with E-state index in [0.717, 1.165) is 0 Å². The van der Waals surface area contributed by atoms with Crippen molar-refractivity contribution in [3.05, 3.63) is 48.0 Å². The molecule has 0 fully saturated rings. The summed E-state index contributed by atoms with van der Waals surface area (Å²) in [4.78, 5) is 12.2. The Labute approximate surface area is 159 Å². The number of carbonyl (C=O) groups is 1. The van der Waals surface area contributed by atoms with Gasteiger partial charge in [0.1, 0.15) is 6.61 Å². The lowest BCUT2D eigenvalue weighted by Crippen LogP contribution is -2.42. The van der Waals surface area contributed by atoms with E-state index >= 15 is 0 Å². The van der Waals surface area contributed by atoms with Gasteiger partial charge in [0, 0.05) is 0 Å². The van der Waals surface area contributed by atoms with Gasteiger partial charge in [0.2, 0.25) is 6.10 Å². The number of alkyl halides is 2. The van der Waals surface area contributed by atoms with Crippen LogP contribution in [0.15, 0.2) is 47.6 Å². The molecule has 2 aromatic carbocycles. The van der Waals surface area contributed by atoms with E-state index < -0.39 is 18.6 Å². The molecule has 1 heterocycles. The highest BCUT2D eigenvalue weighted by atomic mass is 19.3. The molecule has 1 amide bonds. The maximum atomic E-state index is 12.4. The number of nitrogens with one attached hydrogen (secondary N) is 1. The minimum Gasteiger partial charge on any atom is -0.490 e. The lowest BCUT2D eigenvalue weighted by Gasteiger charge is -2.24. The summed E-state index contributed by atoms with van der Waals surface area (Å²) in [5.41, 5.74) is 2.89. The second-order valence-corrected chi connectivity index (χ2v) is 5.62. The van der Waals surface area contributed by atoms with Crippen molar-refractivity contribution in [2.45, 2.75) is 19.6 Å². The minimum atomic E-state index is -2.96. The van der Waals surface area contributed by atoms with E-state index in [1.807, 2.05) is 0 Å². The molecule has 0 saturated heterocycles. The highest BCUT2D eigenvalue weighted by Crippen LogP contribution is 2.31. The van der Waals surface area contributed by atoms with Crippen LogP contribution in [-0.2, 0) is 4.79 Å². The van der Waals surface area contributed by atoms with Crippen LogP contribution in [0.4, 0.5) is 8.78 Å². The number of rotatable bonds is 7. The third-order valence-corrected chi connectivity index (χ3v) is 3.67. The fourth-order valence-electron chi connectivity index (χ4n) is 2.46. The topological polar surface area (TPSA) is 78.4 Å². The summed E-state index contributed by atoms with van der Waals surface area (Å²) in [6, 6.07) is 11.4. The number of amides is 1. The predicted octanol–water partition coefficient (Wildman–Crippen LogP) is 2.98. The molecule has 1 atom stereocenters. The van der Waals surface area contributed by atoms with E-state index in [-0.39, 0.29) is 24.7 Å². The highest BCUT2D eigenvalue weighted by molar-refractivity contribution is 5.85. The van der Waals surface area contributed by atoms with Gasteiger partial charge in [-0.1, -0.05) is 12.1 Å². The Balaban J connectivity index is 1.61. The Bertz CT molecular complexity index is 860. The Morgan fingerprint density at radius 2 is 2.07 bits per heavy atom. The first-order valence-electron chi connectivity index (χ1n) is 8.50. The predicted molar refractivity (Wildman–Crippen MR) is 96.3 cm³/mol. The molecule has 0 aliphatic carbocycles. The average Bonchev–Trinajstić information content (AvgIpc) is 2.69. The largest absolute Gasteiger partial charge is 0.490 e. The molecule has 7 nitrogen and oxygen atoms in total. The number of nitrogens with zero attached hydrogens (tertiary/aromatic N) is 1. The normalized spacial score (nSPS) is 15.5. The van der Waals surface area contributed by atoms with E-state index in [4.69, 9.17) is 14.2 Å². The van der Waals surface area contributed by atoms with Crippen molar-refractivity contribution < 1.29 is 32.5 Å². The molecular weight excluding hydrogens is 374 g/mol. The van der Waals surface area contributed by atoms with Crippen molar-refractivity contribution in [3.63, 3.8) is 0 Å². The number of carbonyl (C=O) groups excluding carboxylic acids is 1. The molecule has 1 aliphatic rings. The van der Waals surface area contributed by atoms with Crippen LogP contribution in [0.2, 0.25) is 0 Å². The van der Waals surface area contributed by atoms with Gasteiger partial charge in [-0.2, -0.15) is 13.9 Å². The zero-order chi connectivity index (χ0) is 19.9. The lowest BCUT2D eigenvalue weighted by atomic mass is 10.2. The molecular formula is C19H18F2N2O5. The number of fused-ring (bicyclic) bond motifs is 1. The summed E-state index contributed by atoms with van der Waals surface area (Å²) >= 11 is 0. The molecule has 3 rings (SSSR count). The quantitative estimate of drug-likeness (QED) is 0.579. The third-order valence-electron chi connectivity index (χ3n) is 3.67. The summed E-state index contributed by atoms with van der Waals surface area (Å²) in [6.07, 6.45) is 0.511. The van der Waals surface area contributed by atoms with Crippen LogP contribution in [-0.4, -0.2) is 38.1 Å². The van der Waals surface area contributed by atoms with Gasteiger partial charge in [-0.05, 0) is 42.8 Å². The molecule has 0 bridgehead atoms. The van der Waals surface area contributed by atoms with Crippen LogP contribution in [0, 0.1) is 0 Å². The zero-order valence-electron chi connectivity index (χ0n) is 14.9. The number of benzene rings is 2. The molecule has 148 valence electrons. The molecule has 28 heavy (non-hydrogen) atoms. The molecule has 1 N–H and O–H groups in total. The van der Waals surface area contributed by atoms with Crippen LogP contribution >= 0.6 is 0 Å². The van der Waals surface area contributed by atoms with Crippen molar-refractivity contribution in [2.24, 2.45) is 5.10 Å². The average molecular weight is 392 g/mol. The second kappa shape index (κ2) is 9.03. The molecule has 1 aliphatic heterocycles. The molecule has 2 aromatic rings. The summed E-state index contributed by atoms with van der Waals surface area (Å²) in [5, 5.41) is 3.86. The Hall–Kier alpha value is -3.36. The molecule has 0 radical (unpaired) electrons. The second-order valence-electron chi connectivity index (χ2n) is 5.62. The Morgan fingerprint density at radius 1 is 1.29 bits per heavy atom. The van der Waals surface area contributed by atoms with E-state index in [9.17, 15) is 13.6 Å². The third kappa shape index (κ3) is 4.87. The van der Waals surface area contributed by atoms with Crippen LogP contribution in [0.5, 0.6) is 23.0 Å². The molecule has 0 saturated carbocycles. The fourth-order valence-corrected chi connectivity index (χ4v) is 2.46. The maximum Gasteiger partial charge on any atom is 0.387 e. The molecule has 0 unspecified atom stereocenters. The first-order chi connectivity index (χ1) is 13.6. The van der Waals surface area contributed by atoms with E-state index in [0.29, 0.717) is 17.1 Å². The SMILES string of the molecule is CCOc1cc(/C=N\NC(=O)[C@H]2COc3ccccc3O2)ccc1OC(F)F. The maximum absolute atomic E-state index is 12.4. The summed E-state index contributed by atoms with van der Waals surface area (Å²) in [6.45, 7) is -0.901. The monoisotopic (exact) mass is 392 g/mol. The highest BCUT2D eigenvalue weighted by Gasteiger charge is 2.27. The zero-order valence-corrected chi connectivity index (χ0v) is 14.9. The van der Waals surface area contributed by atoms with E-state index in [1.54, 1.807) is 31.2 Å². The van der Waals surface area contributed by atoms with Gasteiger partial charge in [-0.25, -0.2) is 5.43 Å². The van der Waals surface area contributed by atoms with Crippen LogP contribution in [0.1, 0.15) is 12.5 Å². The summed E-state index contributed by atoms with van der Waals surface area (Å²) in [5.74, 6) is 0.648. The van der Waals surface area contributed by atoms with Gasteiger partial charge >= 0.3 is 6.61 Å². The van der Waals surface area contributed by atoms with Crippen molar-refractivity contribution in [1.29, 1.82) is 0 Å². The molecule has 0 spiro atoms. The van der Waals surface area contributed by atoms with Gasteiger partial charge < -0.3 is 18.9 Å². The smallest absolute Gasteiger partial charge is 0.387 e. The minimum absolute atomic E-state index is 0.0620. The van der Waals surface area contributed by atoms with Crippen molar-refractivity contribution in [3.8, 4) is 23.0 Å². The van der Waals surface area contributed by atoms with Crippen LogP contribution < -0.4 is 24.4 Å². The van der Waals surface area contributed by atoms with Gasteiger partial charge in [0.15, 0.2) is 23.0 Å². The van der Waals surface area contributed by atoms with Crippen molar-refractivity contribution >= 4 is 12.1 Å². The standard InChI is InChI=1S/C19H18F2N2O5/c1-2-25-16-9-12(7-8-15(16)28-19(20)21)10-22-23-18(24)17-11-26-13-5-3-4-6-14(13)27-17/h3-10,17,19H,2,11H2,1H3,(H,23,24)/b22-10-/t17-/m1/s1. The van der Waals surface area contributed by atoms with E-state index in [1.165, 1.54) is 24.4 Å². The number of halogens is 2. The first kappa shape index (κ1) is 19.4. The molecule has 0 aromatic heterocycles. The van der Waals surface area contributed by atoms with Crippen molar-refractivity contribution in [2.75, 3.05) is 13.2 Å². The van der Waals surface area contributed by atoms with Crippen LogP contribution in [0.25, 0.3) is 0 Å². The number of ether oxygens (including phenoxy) is 4. The fraction of sp³-hybridized carbons (Fsp3) is 0.263. The molecule has 9 heteroatoms. The Kier molecular flexibility index (Phi) is 6.25. The summed E-state index contributed by atoms with van der Waals surface area (Å²) in [7, 11) is 0. The van der Waals surface area contributed by atoms with Gasteiger partial charge in [-0.3, -0.25) is 4.79 Å². The van der Waals surface area contributed by atoms with Gasteiger partial charge in [-0.15, -0.1) is 0 Å². The summed E-state index contributed by atoms with van der Waals surface area (Å²) < 4.78 is 45.6. The van der Waals surface area contributed by atoms with Crippen LogP contribution in [0.3, 0.4) is 0 Å². The van der Waals surface area contributed by atoms with Gasteiger partial charge in [0.05, 0.1) is 12.8 Å².